The second-order valence-corrected chi connectivity index (χ2v) is 9.36. The summed E-state index contributed by atoms with van der Waals surface area (Å²) in [6.45, 7) is 2.30. The standard InChI is InChI=1S/C13H27BrSi/c1-2-3-4-5-6-9-15-10-7-13(12-14)8-11-15/h13,15H,2-12H2,1H3. The summed E-state index contributed by atoms with van der Waals surface area (Å²) in [6, 6.07) is 4.94. The molecule has 0 N–H and O–H groups in total. The van der Waals surface area contributed by atoms with Gasteiger partial charge in [0.2, 0.25) is 0 Å². The third-order valence-electron chi connectivity index (χ3n) is 3.90. The van der Waals surface area contributed by atoms with Gasteiger partial charge in [0.05, 0.1) is 0 Å². The van der Waals surface area contributed by atoms with Crippen molar-refractivity contribution in [2.24, 2.45) is 5.92 Å². The third-order valence-corrected chi connectivity index (χ3v) is 8.34. The first-order chi connectivity index (χ1) is 7.36. The molecule has 1 heterocycles. The molecule has 0 atom stereocenters. The van der Waals surface area contributed by atoms with Crippen LogP contribution in [-0.4, -0.2) is 14.1 Å². The molecule has 0 unspecified atom stereocenters. The average molecular weight is 291 g/mol. The molecular weight excluding hydrogens is 264 g/mol. The normalized spacial score (nSPS) is 26.8. The highest BCUT2D eigenvalue weighted by Gasteiger charge is 2.20. The highest BCUT2D eigenvalue weighted by atomic mass is 79.9. The van der Waals surface area contributed by atoms with Gasteiger partial charge in [-0.2, -0.15) is 0 Å². The van der Waals surface area contributed by atoms with E-state index < -0.39 is 0 Å². The maximum Gasteiger partial charge on any atom is 0.0368 e. The van der Waals surface area contributed by atoms with E-state index in [2.05, 4.69) is 22.9 Å². The van der Waals surface area contributed by atoms with Gasteiger partial charge in [0.25, 0.3) is 0 Å². The minimum Gasteiger partial charge on any atom is -0.0925 e. The Morgan fingerprint density at radius 1 is 1.07 bits per heavy atom. The summed E-state index contributed by atoms with van der Waals surface area (Å²) in [5.74, 6) is 1.02. The third kappa shape index (κ3) is 6.11. The first-order valence-corrected chi connectivity index (χ1v) is 10.5. The second kappa shape index (κ2) is 8.80. The molecule has 0 aliphatic carbocycles. The largest absolute Gasteiger partial charge is 0.0925 e. The van der Waals surface area contributed by atoms with Crippen LogP contribution >= 0.6 is 15.9 Å². The second-order valence-electron chi connectivity index (χ2n) is 5.24. The summed E-state index contributed by atoms with van der Waals surface area (Å²) in [7, 11) is -0.251. The lowest BCUT2D eigenvalue weighted by atomic mass is 10.1. The Labute approximate surface area is 106 Å². The molecule has 1 saturated heterocycles. The SMILES string of the molecule is CCCCCCC[SiH]1CCC(CBr)CC1. The number of halogens is 1. The predicted octanol–water partition coefficient (Wildman–Crippen LogP) is 4.99. The topological polar surface area (TPSA) is 0 Å². The van der Waals surface area contributed by atoms with Crippen molar-refractivity contribution in [1.29, 1.82) is 0 Å². The zero-order valence-corrected chi connectivity index (χ0v) is 13.1. The van der Waals surface area contributed by atoms with Gasteiger partial charge in [0, 0.05) is 14.1 Å². The molecule has 0 bridgehead atoms. The predicted molar refractivity (Wildman–Crippen MR) is 76.8 cm³/mol. The Morgan fingerprint density at radius 2 is 1.73 bits per heavy atom. The van der Waals surface area contributed by atoms with Gasteiger partial charge in [-0.15, -0.1) is 0 Å². The Hall–Kier alpha value is 0.697. The van der Waals surface area contributed by atoms with Crippen LogP contribution in [0.1, 0.15) is 51.9 Å². The molecule has 0 aromatic heterocycles. The van der Waals surface area contributed by atoms with E-state index in [0.29, 0.717) is 0 Å². The summed E-state index contributed by atoms with van der Waals surface area (Å²) in [5.41, 5.74) is 0. The van der Waals surface area contributed by atoms with Gasteiger partial charge in [-0.1, -0.05) is 85.9 Å². The number of rotatable bonds is 7. The van der Waals surface area contributed by atoms with Crippen LogP contribution in [0.4, 0.5) is 0 Å². The molecule has 1 fully saturated rings. The molecule has 0 saturated carbocycles. The lowest BCUT2D eigenvalue weighted by Gasteiger charge is -2.26. The number of unbranched alkanes of at least 4 members (excludes halogenated alkanes) is 4. The molecule has 0 aromatic carbocycles. The van der Waals surface area contributed by atoms with Crippen molar-refractivity contribution < 1.29 is 0 Å². The van der Waals surface area contributed by atoms with Gasteiger partial charge in [-0.3, -0.25) is 0 Å². The van der Waals surface area contributed by atoms with E-state index in [4.69, 9.17) is 0 Å². The summed E-state index contributed by atoms with van der Waals surface area (Å²) in [4.78, 5) is 0. The smallest absolute Gasteiger partial charge is 0.0368 e. The first-order valence-electron chi connectivity index (χ1n) is 6.92. The fourth-order valence-electron chi connectivity index (χ4n) is 2.71. The van der Waals surface area contributed by atoms with Crippen LogP contribution in [0.5, 0.6) is 0 Å². The van der Waals surface area contributed by atoms with E-state index in [1.807, 2.05) is 0 Å². The van der Waals surface area contributed by atoms with Crippen LogP contribution in [0.2, 0.25) is 18.1 Å². The average Bonchev–Trinajstić information content (AvgIpc) is 2.30. The van der Waals surface area contributed by atoms with E-state index in [9.17, 15) is 0 Å². The van der Waals surface area contributed by atoms with E-state index in [-0.39, 0.29) is 8.80 Å². The fraction of sp³-hybridized carbons (Fsp3) is 1.00. The van der Waals surface area contributed by atoms with Crippen molar-refractivity contribution in [3.63, 3.8) is 0 Å². The number of hydrogen-bond donors (Lipinski definition) is 0. The van der Waals surface area contributed by atoms with Gasteiger partial charge in [-0.25, -0.2) is 0 Å². The van der Waals surface area contributed by atoms with Crippen molar-refractivity contribution in [1.82, 2.24) is 0 Å². The maximum atomic E-state index is 3.63. The van der Waals surface area contributed by atoms with Gasteiger partial charge in [-0.05, 0) is 5.92 Å². The summed E-state index contributed by atoms with van der Waals surface area (Å²) < 4.78 is 0. The van der Waals surface area contributed by atoms with Crippen LogP contribution in [0.3, 0.4) is 0 Å². The van der Waals surface area contributed by atoms with E-state index in [1.165, 1.54) is 43.9 Å². The highest BCUT2D eigenvalue weighted by molar-refractivity contribution is 9.09. The molecule has 2 heteroatoms. The fourth-order valence-corrected chi connectivity index (χ4v) is 6.98. The van der Waals surface area contributed by atoms with Crippen LogP contribution in [0.15, 0.2) is 0 Å². The molecule has 1 rings (SSSR count). The van der Waals surface area contributed by atoms with Crippen LogP contribution in [0.25, 0.3) is 0 Å². The van der Waals surface area contributed by atoms with Crippen molar-refractivity contribution in [3.05, 3.63) is 0 Å². The van der Waals surface area contributed by atoms with E-state index in [0.717, 1.165) is 5.92 Å². The molecule has 0 aromatic rings. The molecule has 0 spiro atoms. The molecule has 15 heavy (non-hydrogen) atoms. The van der Waals surface area contributed by atoms with Gasteiger partial charge in [0.1, 0.15) is 0 Å². The van der Waals surface area contributed by atoms with Crippen LogP contribution in [0, 0.1) is 5.92 Å². The lowest BCUT2D eigenvalue weighted by molar-refractivity contribution is 0.526. The minimum atomic E-state index is -0.251. The van der Waals surface area contributed by atoms with E-state index in [1.54, 1.807) is 24.6 Å². The Bertz CT molecular complexity index is 141. The maximum absolute atomic E-state index is 3.63. The Morgan fingerprint density at radius 3 is 2.33 bits per heavy atom. The summed E-state index contributed by atoms with van der Waals surface area (Å²) >= 11 is 3.63. The molecule has 1 aliphatic rings. The van der Waals surface area contributed by atoms with Gasteiger partial charge < -0.3 is 0 Å². The lowest BCUT2D eigenvalue weighted by Crippen LogP contribution is -2.21. The van der Waals surface area contributed by atoms with Crippen molar-refractivity contribution in [2.75, 3.05) is 5.33 Å². The van der Waals surface area contributed by atoms with Crippen molar-refractivity contribution in [2.45, 2.75) is 70.0 Å². The molecule has 90 valence electrons. The molecular formula is C13H27BrSi. The number of hydrogen-bond acceptors (Lipinski definition) is 0. The zero-order chi connectivity index (χ0) is 10.9. The van der Waals surface area contributed by atoms with Crippen molar-refractivity contribution >= 4 is 24.7 Å². The van der Waals surface area contributed by atoms with Crippen molar-refractivity contribution in [3.8, 4) is 0 Å². The van der Waals surface area contributed by atoms with Gasteiger partial charge in [0.15, 0.2) is 0 Å². The molecule has 0 nitrogen and oxygen atoms in total. The quantitative estimate of drug-likeness (QED) is 0.352. The monoisotopic (exact) mass is 290 g/mol. The Kier molecular flexibility index (Phi) is 8.08. The summed E-state index contributed by atoms with van der Waals surface area (Å²) in [5, 5.41) is 1.25. The molecule has 1 aliphatic heterocycles. The van der Waals surface area contributed by atoms with Crippen LogP contribution in [-0.2, 0) is 0 Å². The molecule has 0 radical (unpaired) electrons. The summed E-state index contributed by atoms with van der Waals surface area (Å²) in [6.07, 6.45) is 10.5. The van der Waals surface area contributed by atoms with Gasteiger partial charge >= 0.3 is 0 Å². The number of alkyl halides is 1. The highest BCUT2D eigenvalue weighted by Crippen LogP contribution is 2.29. The molecule has 0 amide bonds. The zero-order valence-electron chi connectivity index (χ0n) is 10.3. The first kappa shape index (κ1) is 13.8. The Balaban J connectivity index is 1.94. The minimum absolute atomic E-state index is 0.251. The van der Waals surface area contributed by atoms with E-state index >= 15 is 0 Å². The van der Waals surface area contributed by atoms with Crippen LogP contribution < -0.4 is 0 Å².